The Labute approximate surface area is 140 Å². The number of benzene rings is 2. The van der Waals surface area contributed by atoms with Gasteiger partial charge in [-0.05, 0) is 17.7 Å². The summed E-state index contributed by atoms with van der Waals surface area (Å²) in [6, 6.07) is 18.2. The summed E-state index contributed by atoms with van der Waals surface area (Å²) in [4.78, 5) is 8.22. The van der Waals surface area contributed by atoms with Crippen molar-refractivity contribution in [1.82, 2.24) is 9.97 Å². The highest BCUT2D eigenvalue weighted by molar-refractivity contribution is 6.04. The molecule has 0 aliphatic carbocycles. The molecule has 0 bridgehead atoms. The Kier molecular flexibility index (Phi) is 3.90. The van der Waals surface area contributed by atoms with Crippen molar-refractivity contribution in [3.05, 3.63) is 84.3 Å². The normalized spacial score (nSPS) is 17.8. The molecule has 2 aromatic carbocycles. The molecule has 0 radical (unpaired) electrons. The molecule has 0 fully saturated rings. The van der Waals surface area contributed by atoms with Crippen molar-refractivity contribution in [2.24, 2.45) is 5.10 Å². The molecule has 24 heavy (non-hydrogen) atoms. The molecule has 0 saturated heterocycles. The number of ether oxygens (including phenoxy) is 1. The van der Waals surface area contributed by atoms with Gasteiger partial charge in [0.05, 0.1) is 11.9 Å². The molecule has 4 rings (SSSR count). The Bertz CT molecular complexity index is 850. The van der Waals surface area contributed by atoms with Gasteiger partial charge in [0.2, 0.25) is 0 Å². The topological polar surface area (TPSA) is 59.4 Å². The lowest BCUT2D eigenvalue weighted by atomic mass is 9.96. The SMILES string of the molecule is c1ccc([C@@H]2CC(=NNc3cnccn3)c3ccccc3O2)cc1. The van der Waals surface area contributed by atoms with E-state index < -0.39 is 0 Å². The van der Waals surface area contributed by atoms with Gasteiger partial charge < -0.3 is 4.74 Å². The first-order valence-corrected chi connectivity index (χ1v) is 7.80. The smallest absolute Gasteiger partial charge is 0.164 e. The molecule has 0 saturated carbocycles. The van der Waals surface area contributed by atoms with E-state index in [2.05, 4.69) is 32.6 Å². The molecule has 5 nitrogen and oxygen atoms in total. The van der Waals surface area contributed by atoms with Crippen LogP contribution in [-0.4, -0.2) is 15.7 Å². The number of hydrogen-bond acceptors (Lipinski definition) is 5. The summed E-state index contributed by atoms with van der Waals surface area (Å²) < 4.78 is 6.16. The van der Waals surface area contributed by atoms with Gasteiger partial charge in [0, 0.05) is 24.4 Å². The fraction of sp³-hybridized carbons (Fsp3) is 0.105. The van der Waals surface area contributed by atoms with Crippen LogP contribution in [0.5, 0.6) is 5.75 Å². The second-order valence-electron chi connectivity index (χ2n) is 5.48. The summed E-state index contributed by atoms with van der Waals surface area (Å²) in [7, 11) is 0. The largest absolute Gasteiger partial charge is 0.485 e. The fourth-order valence-electron chi connectivity index (χ4n) is 2.73. The molecule has 1 aliphatic heterocycles. The van der Waals surface area contributed by atoms with Crippen LogP contribution in [0.4, 0.5) is 5.82 Å². The third-order valence-corrected chi connectivity index (χ3v) is 3.89. The van der Waals surface area contributed by atoms with Crippen LogP contribution in [0.15, 0.2) is 78.3 Å². The first kappa shape index (κ1) is 14.4. The molecule has 5 heteroatoms. The van der Waals surface area contributed by atoms with E-state index in [9.17, 15) is 0 Å². The van der Waals surface area contributed by atoms with Crippen LogP contribution in [0.1, 0.15) is 23.7 Å². The van der Waals surface area contributed by atoms with Crippen LogP contribution in [0, 0.1) is 0 Å². The van der Waals surface area contributed by atoms with E-state index in [-0.39, 0.29) is 6.10 Å². The van der Waals surface area contributed by atoms with Crippen LogP contribution < -0.4 is 10.2 Å². The van der Waals surface area contributed by atoms with Crippen molar-refractivity contribution in [2.75, 3.05) is 5.43 Å². The zero-order chi connectivity index (χ0) is 16.2. The van der Waals surface area contributed by atoms with Crippen molar-refractivity contribution in [1.29, 1.82) is 0 Å². The van der Waals surface area contributed by atoms with Crippen LogP contribution in [-0.2, 0) is 0 Å². The number of nitrogens with zero attached hydrogens (tertiary/aromatic N) is 3. The van der Waals surface area contributed by atoms with Gasteiger partial charge in [-0.3, -0.25) is 10.4 Å². The number of rotatable bonds is 3. The first-order valence-electron chi connectivity index (χ1n) is 7.80. The maximum atomic E-state index is 6.16. The maximum Gasteiger partial charge on any atom is 0.164 e. The second-order valence-corrected chi connectivity index (χ2v) is 5.48. The molecule has 3 aromatic rings. The van der Waals surface area contributed by atoms with Gasteiger partial charge in [0.25, 0.3) is 0 Å². The van der Waals surface area contributed by atoms with Crippen LogP contribution in [0.3, 0.4) is 0 Å². The molecule has 0 amide bonds. The van der Waals surface area contributed by atoms with Crippen LogP contribution >= 0.6 is 0 Å². The highest BCUT2D eigenvalue weighted by Crippen LogP contribution is 2.35. The molecule has 1 aromatic heterocycles. The van der Waals surface area contributed by atoms with Gasteiger partial charge in [-0.2, -0.15) is 5.10 Å². The predicted molar refractivity (Wildman–Crippen MR) is 93.1 cm³/mol. The van der Waals surface area contributed by atoms with Gasteiger partial charge in [-0.25, -0.2) is 4.98 Å². The van der Waals surface area contributed by atoms with Crippen molar-refractivity contribution in [2.45, 2.75) is 12.5 Å². The van der Waals surface area contributed by atoms with Crippen molar-refractivity contribution >= 4 is 11.5 Å². The zero-order valence-electron chi connectivity index (χ0n) is 13.0. The molecule has 1 aliphatic rings. The highest BCUT2D eigenvalue weighted by atomic mass is 16.5. The molecule has 1 N–H and O–H groups in total. The number of hydrogen-bond donors (Lipinski definition) is 1. The minimum absolute atomic E-state index is 0.0523. The minimum Gasteiger partial charge on any atom is -0.485 e. The van der Waals surface area contributed by atoms with Gasteiger partial charge in [0.1, 0.15) is 11.9 Å². The molecular weight excluding hydrogens is 300 g/mol. The average Bonchev–Trinajstić information content (AvgIpc) is 2.67. The van der Waals surface area contributed by atoms with Crippen molar-refractivity contribution < 1.29 is 4.74 Å². The molecule has 2 heterocycles. The summed E-state index contributed by atoms with van der Waals surface area (Å²) in [6.07, 6.45) is 5.54. The average molecular weight is 316 g/mol. The number of para-hydroxylation sites is 1. The van der Waals surface area contributed by atoms with E-state index >= 15 is 0 Å². The first-order chi connectivity index (χ1) is 11.9. The summed E-state index contributed by atoms with van der Waals surface area (Å²) >= 11 is 0. The molecule has 118 valence electrons. The summed E-state index contributed by atoms with van der Waals surface area (Å²) in [5, 5.41) is 4.55. The lowest BCUT2D eigenvalue weighted by Gasteiger charge is -2.27. The minimum atomic E-state index is -0.0523. The number of aromatic nitrogens is 2. The van der Waals surface area contributed by atoms with Crippen molar-refractivity contribution in [3.8, 4) is 5.75 Å². The van der Waals surface area contributed by atoms with E-state index in [1.165, 1.54) is 0 Å². The fourth-order valence-corrected chi connectivity index (χ4v) is 2.73. The highest BCUT2D eigenvalue weighted by Gasteiger charge is 2.26. The maximum absolute atomic E-state index is 6.16. The van der Waals surface area contributed by atoms with E-state index in [0.717, 1.165) is 22.6 Å². The van der Waals surface area contributed by atoms with Gasteiger partial charge in [-0.15, -0.1) is 0 Å². The number of nitrogens with one attached hydrogen (secondary N) is 1. The Morgan fingerprint density at radius 3 is 2.67 bits per heavy atom. The van der Waals surface area contributed by atoms with E-state index in [0.29, 0.717) is 12.2 Å². The monoisotopic (exact) mass is 316 g/mol. The van der Waals surface area contributed by atoms with E-state index in [4.69, 9.17) is 4.74 Å². The number of fused-ring (bicyclic) bond motifs is 1. The van der Waals surface area contributed by atoms with Crippen molar-refractivity contribution in [3.63, 3.8) is 0 Å². The van der Waals surface area contributed by atoms with Gasteiger partial charge in [-0.1, -0.05) is 42.5 Å². The summed E-state index contributed by atoms with van der Waals surface area (Å²) in [5.74, 6) is 1.46. The second kappa shape index (κ2) is 6.50. The van der Waals surface area contributed by atoms with Crippen LogP contribution in [0.2, 0.25) is 0 Å². The quantitative estimate of drug-likeness (QED) is 0.746. The Balaban J connectivity index is 1.67. The zero-order valence-corrected chi connectivity index (χ0v) is 13.0. The van der Waals surface area contributed by atoms with Gasteiger partial charge >= 0.3 is 0 Å². The third-order valence-electron chi connectivity index (χ3n) is 3.89. The molecule has 0 unspecified atom stereocenters. The Morgan fingerprint density at radius 2 is 1.83 bits per heavy atom. The predicted octanol–water partition coefficient (Wildman–Crippen LogP) is 3.82. The lowest BCUT2D eigenvalue weighted by molar-refractivity contribution is 0.206. The third kappa shape index (κ3) is 2.96. The van der Waals surface area contributed by atoms with E-state index in [1.807, 2.05) is 42.5 Å². The summed E-state index contributed by atoms with van der Waals surface area (Å²) in [5.41, 5.74) is 6.07. The summed E-state index contributed by atoms with van der Waals surface area (Å²) in [6.45, 7) is 0. The lowest BCUT2D eigenvalue weighted by Crippen LogP contribution is -2.21. The standard InChI is InChI=1S/C19H16N4O/c1-2-6-14(7-3-1)18-12-16(15-8-4-5-9-17(15)24-18)22-23-19-13-20-10-11-21-19/h1-11,13,18H,12H2,(H,21,23)/t18-/m0/s1. The van der Waals surface area contributed by atoms with Crippen LogP contribution in [0.25, 0.3) is 0 Å². The van der Waals surface area contributed by atoms with Gasteiger partial charge in [0.15, 0.2) is 5.82 Å². The Morgan fingerprint density at radius 1 is 1.00 bits per heavy atom. The van der Waals surface area contributed by atoms with E-state index in [1.54, 1.807) is 18.6 Å². The molecular formula is C19H16N4O. The molecule has 0 spiro atoms. The molecule has 1 atom stereocenters. The Hall–Kier alpha value is -3.21. The number of hydrazone groups is 1. The number of anilines is 1.